The Morgan fingerprint density at radius 3 is 2.71 bits per heavy atom. The molecule has 3 nitrogen and oxygen atoms in total. The molecule has 1 heterocycles. The number of benzene rings is 1. The van der Waals surface area contributed by atoms with Crippen LogP contribution < -0.4 is 0 Å². The van der Waals surface area contributed by atoms with E-state index in [4.69, 9.17) is 9.47 Å². The summed E-state index contributed by atoms with van der Waals surface area (Å²) in [5.74, 6) is 1.04. The highest BCUT2D eigenvalue weighted by Gasteiger charge is 2.16. The summed E-state index contributed by atoms with van der Waals surface area (Å²) in [4.78, 5) is 0.867. The summed E-state index contributed by atoms with van der Waals surface area (Å²) in [6.45, 7) is 1.35. The molecule has 1 fully saturated rings. The van der Waals surface area contributed by atoms with Crippen LogP contribution in [0.4, 0.5) is 0 Å². The molecule has 1 aliphatic heterocycles. The summed E-state index contributed by atoms with van der Waals surface area (Å²) >= 11 is 1.54. The molecule has 4 heteroatoms. The summed E-state index contributed by atoms with van der Waals surface area (Å²) in [5.41, 5.74) is 0. The molecule has 0 aromatic heterocycles. The van der Waals surface area contributed by atoms with Crippen LogP contribution in [0.1, 0.15) is 0 Å². The zero-order chi connectivity index (χ0) is 9.80. The van der Waals surface area contributed by atoms with Crippen molar-refractivity contribution in [3.8, 4) is 5.75 Å². The zero-order valence-corrected chi connectivity index (χ0v) is 8.50. The summed E-state index contributed by atoms with van der Waals surface area (Å²) in [6, 6.07) is 7.27. The molecule has 76 valence electrons. The van der Waals surface area contributed by atoms with Gasteiger partial charge in [-0.2, -0.15) is 0 Å². The van der Waals surface area contributed by atoms with Crippen LogP contribution in [-0.4, -0.2) is 30.4 Å². The number of hydrogen-bond acceptors (Lipinski definition) is 4. The minimum absolute atomic E-state index is 0.125. The maximum absolute atomic E-state index is 9.48. The van der Waals surface area contributed by atoms with E-state index in [2.05, 4.69) is 0 Å². The predicted octanol–water partition coefficient (Wildman–Crippen LogP) is 1.86. The first-order valence-electron chi connectivity index (χ1n) is 4.50. The molecule has 1 aromatic rings. The Hall–Kier alpha value is -0.710. The smallest absolute Gasteiger partial charge is 0.167 e. The second-order valence-corrected chi connectivity index (χ2v) is 4.01. The molecule has 0 saturated carbocycles. The Balaban J connectivity index is 1.88. The number of rotatable bonds is 3. The summed E-state index contributed by atoms with van der Waals surface area (Å²) in [5, 5.41) is 9.48. The molecule has 0 radical (unpaired) electrons. The third-order valence-corrected chi connectivity index (χ3v) is 3.03. The van der Waals surface area contributed by atoms with Gasteiger partial charge in [0.2, 0.25) is 0 Å². The molecular weight excluding hydrogens is 200 g/mol. The molecule has 2 rings (SSSR count). The Morgan fingerprint density at radius 1 is 1.29 bits per heavy atom. The van der Waals surface area contributed by atoms with E-state index in [0.717, 1.165) is 10.6 Å². The fraction of sp³-hybridized carbons (Fsp3) is 0.400. The summed E-state index contributed by atoms with van der Waals surface area (Å²) in [6.07, 6.45) is -0.125. The van der Waals surface area contributed by atoms with Gasteiger partial charge >= 0.3 is 0 Å². The lowest BCUT2D eigenvalue weighted by atomic mass is 10.3. The maximum Gasteiger partial charge on any atom is 0.167 e. The topological polar surface area (TPSA) is 38.7 Å². The van der Waals surface area contributed by atoms with Gasteiger partial charge in [0.25, 0.3) is 0 Å². The highest BCUT2D eigenvalue weighted by molar-refractivity contribution is 7.99. The van der Waals surface area contributed by atoms with Crippen LogP contribution in [0.25, 0.3) is 0 Å². The molecule has 0 atom stereocenters. The molecule has 1 saturated heterocycles. The third-order valence-electron chi connectivity index (χ3n) is 1.93. The molecule has 0 bridgehead atoms. The summed E-state index contributed by atoms with van der Waals surface area (Å²) < 4.78 is 10.6. The molecule has 14 heavy (non-hydrogen) atoms. The lowest BCUT2D eigenvalue weighted by Crippen LogP contribution is -2.10. The average molecular weight is 212 g/mol. The first kappa shape index (κ1) is 9.83. The van der Waals surface area contributed by atoms with Crippen molar-refractivity contribution in [1.82, 2.24) is 0 Å². The number of phenolic OH excluding ortho intramolecular Hbond substituents is 1. The summed E-state index contributed by atoms with van der Waals surface area (Å²) in [7, 11) is 0. The Labute approximate surface area is 87.0 Å². The van der Waals surface area contributed by atoms with Crippen LogP contribution in [0.2, 0.25) is 0 Å². The van der Waals surface area contributed by atoms with Crippen LogP contribution in [-0.2, 0) is 9.47 Å². The van der Waals surface area contributed by atoms with Gasteiger partial charge in [-0.1, -0.05) is 12.1 Å². The van der Waals surface area contributed by atoms with Crippen molar-refractivity contribution in [3.63, 3.8) is 0 Å². The van der Waals surface area contributed by atoms with Gasteiger partial charge in [0.1, 0.15) is 5.75 Å². The quantitative estimate of drug-likeness (QED) is 0.776. The Bertz CT molecular complexity index is 297. The van der Waals surface area contributed by atoms with Crippen LogP contribution in [0.3, 0.4) is 0 Å². The van der Waals surface area contributed by atoms with E-state index in [1.165, 1.54) is 0 Å². The highest BCUT2D eigenvalue weighted by Crippen LogP contribution is 2.29. The SMILES string of the molecule is Oc1ccccc1SCC1OCCO1. The van der Waals surface area contributed by atoms with Gasteiger partial charge in [-0.3, -0.25) is 0 Å². The lowest BCUT2D eigenvalue weighted by Gasteiger charge is -2.08. The minimum atomic E-state index is -0.125. The van der Waals surface area contributed by atoms with E-state index < -0.39 is 0 Å². The van der Waals surface area contributed by atoms with Crippen LogP contribution in [0, 0.1) is 0 Å². The van der Waals surface area contributed by atoms with E-state index in [-0.39, 0.29) is 6.29 Å². The van der Waals surface area contributed by atoms with Crippen molar-refractivity contribution in [1.29, 1.82) is 0 Å². The van der Waals surface area contributed by atoms with Crippen LogP contribution in [0.15, 0.2) is 29.2 Å². The zero-order valence-electron chi connectivity index (χ0n) is 7.68. The van der Waals surface area contributed by atoms with Gasteiger partial charge in [0.05, 0.1) is 13.2 Å². The number of aromatic hydroxyl groups is 1. The van der Waals surface area contributed by atoms with E-state index in [9.17, 15) is 5.11 Å². The largest absolute Gasteiger partial charge is 0.507 e. The molecule has 0 amide bonds. The number of hydrogen-bond donors (Lipinski definition) is 1. The molecule has 0 unspecified atom stereocenters. The Kier molecular flexibility index (Phi) is 3.29. The fourth-order valence-corrected chi connectivity index (χ4v) is 2.14. The van der Waals surface area contributed by atoms with Crippen molar-refractivity contribution in [2.75, 3.05) is 19.0 Å². The molecule has 1 aromatic carbocycles. The second-order valence-electron chi connectivity index (χ2n) is 2.95. The molecule has 0 spiro atoms. The van der Waals surface area contributed by atoms with Gasteiger partial charge in [-0.25, -0.2) is 0 Å². The number of thioether (sulfide) groups is 1. The number of para-hydroxylation sites is 1. The second kappa shape index (κ2) is 4.68. The molecule has 1 aliphatic rings. The fourth-order valence-electron chi connectivity index (χ4n) is 1.24. The molecule has 1 N–H and O–H groups in total. The van der Waals surface area contributed by atoms with Crippen LogP contribution >= 0.6 is 11.8 Å². The van der Waals surface area contributed by atoms with Gasteiger partial charge in [-0.15, -0.1) is 11.8 Å². The third kappa shape index (κ3) is 2.41. The van der Waals surface area contributed by atoms with Crippen molar-refractivity contribution in [3.05, 3.63) is 24.3 Å². The Morgan fingerprint density at radius 2 is 2.00 bits per heavy atom. The van der Waals surface area contributed by atoms with Crippen molar-refractivity contribution >= 4 is 11.8 Å². The van der Waals surface area contributed by atoms with E-state index in [0.29, 0.717) is 19.0 Å². The average Bonchev–Trinajstić information content (AvgIpc) is 2.69. The lowest BCUT2D eigenvalue weighted by molar-refractivity contribution is -0.0214. The van der Waals surface area contributed by atoms with Crippen LogP contribution in [0.5, 0.6) is 5.75 Å². The molecular formula is C10H12O3S. The van der Waals surface area contributed by atoms with Crippen molar-refractivity contribution < 1.29 is 14.6 Å². The first-order valence-corrected chi connectivity index (χ1v) is 5.49. The predicted molar refractivity (Wildman–Crippen MR) is 54.5 cm³/mol. The van der Waals surface area contributed by atoms with Gasteiger partial charge in [0, 0.05) is 10.6 Å². The van der Waals surface area contributed by atoms with Gasteiger partial charge in [0.15, 0.2) is 6.29 Å². The van der Waals surface area contributed by atoms with Crippen molar-refractivity contribution in [2.24, 2.45) is 0 Å². The highest BCUT2D eigenvalue weighted by atomic mass is 32.2. The van der Waals surface area contributed by atoms with E-state index in [1.807, 2.05) is 18.2 Å². The first-order chi connectivity index (χ1) is 6.86. The minimum Gasteiger partial charge on any atom is -0.507 e. The van der Waals surface area contributed by atoms with Gasteiger partial charge < -0.3 is 14.6 Å². The maximum atomic E-state index is 9.48. The van der Waals surface area contributed by atoms with Gasteiger partial charge in [-0.05, 0) is 12.1 Å². The van der Waals surface area contributed by atoms with E-state index >= 15 is 0 Å². The number of phenols is 1. The normalized spacial score (nSPS) is 17.4. The van der Waals surface area contributed by atoms with E-state index in [1.54, 1.807) is 17.8 Å². The standard InChI is InChI=1S/C10H12O3S/c11-8-3-1-2-4-9(8)14-7-10-12-5-6-13-10/h1-4,10-11H,5-7H2. The number of ether oxygens (including phenoxy) is 2. The molecule has 0 aliphatic carbocycles. The monoisotopic (exact) mass is 212 g/mol. The van der Waals surface area contributed by atoms with Crippen molar-refractivity contribution in [2.45, 2.75) is 11.2 Å².